The summed E-state index contributed by atoms with van der Waals surface area (Å²) in [5, 5.41) is 7.76. The molecule has 6 aromatic carbocycles. The van der Waals surface area contributed by atoms with E-state index in [4.69, 9.17) is 0 Å². The highest BCUT2D eigenvalue weighted by atomic mass is 15.0. The van der Waals surface area contributed by atoms with E-state index in [1.165, 1.54) is 82.4 Å². The van der Waals surface area contributed by atoms with Gasteiger partial charge in [-0.1, -0.05) is 115 Å². The molecule has 3 nitrogen and oxygen atoms in total. The first kappa shape index (κ1) is 27.1. The zero-order valence-corrected chi connectivity index (χ0v) is 26.7. The number of fused-ring (bicyclic) bond motifs is 7. The van der Waals surface area contributed by atoms with E-state index < -0.39 is 0 Å². The van der Waals surface area contributed by atoms with Crippen LogP contribution in [0.4, 0.5) is 0 Å². The second-order valence-electron chi connectivity index (χ2n) is 12.9. The van der Waals surface area contributed by atoms with Crippen LogP contribution in [0.15, 0.2) is 152 Å². The minimum absolute atomic E-state index is 0.178. The van der Waals surface area contributed by atoms with Crippen molar-refractivity contribution in [3.63, 3.8) is 0 Å². The summed E-state index contributed by atoms with van der Waals surface area (Å²) in [7, 11) is 0. The second kappa shape index (κ2) is 10.5. The molecule has 1 aliphatic rings. The Balaban J connectivity index is 1.32. The molecule has 1 atom stereocenters. The summed E-state index contributed by atoms with van der Waals surface area (Å²) >= 11 is 0. The van der Waals surface area contributed by atoms with Gasteiger partial charge in [0, 0.05) is 65.8 Å². The van der Waals surface area contributed by atoms with Gasteiger partial charge in [0.2, 0.25) is 0 Å². The van der Waals surface area contributed by atoms with Crippen LogP contribution in [0, 0.1) is 6.92 Å². The molecule has 0 aliphatic heterocycles. The molecule has 10 rings (SSSR count). The smallest absolute Gasteiger partial charge is 0.0567 e. The average molecular weight is 616 g/mol. The molecule has 3 aromatic heterocycles. The summed E-state index contributed by atoms with van der Waals surface area (Å²) in [5.41, 5.74) is 11.2. The van der Waals surface area contributed by atoms with E-state index in [1.807, 2.05) is 0 Å². The third-order valence-electron chi connectivity index (χ3n) is 10.3. The third kappa shape index (κ3) is 3.82. The molecule has 228 valence electrons. The first-order valence-corrected chi connectivity index (χ1v) is 16.8. The third-order valence-corrected chi connectivity index (χ3v) is 10.3. The minimum Gasteiger partial charge on any atom is -0.333 e. The van der Waals surface area contributed by atoms with Crippen LogP contribution in [0.25, 0.3) is 78.3 Å². The largest absolute Gasteiger partial charge is 0.333 e. The Bertz CT molecular complexity index is 2760. The maximum atomic E-state index is 2.56. The summed E-state index contributed by atoms with van der Waals surface area (Å²) in [6, 6.07) is 55.2. The van der Waals surface area contributed by atoms with Crippen LogP contribution in [0.5, 0.6) is 0 Å². The van der Waals surface area contributed by atoms with Crippen molar-refractivity contribution in [3.05, 3.63) is 168 Å². The van der Waals surface area contributed by atoms with E-state index in [0.29, 0.717) is 0 Å². The van der Waals surface area contributed by atoms with Crippen molar-refractivity contribution in [2.45, 2.75) is 19.4 Å². The van der Waals surface area contributed by atoms with Crippen LogP contribution in [-0.2, 0) is 0 Å². The molecular weight excluding hydrogens is 583 g/mol. The Hall–Kier alpha value is -6.06. The quantitative estimate of drug-likeness (QED) is 0.187. The van der Waals surface area contributed by atoms with E-state index in [1.54, 1.807) is 0 Å². The van der Waals surface area contributed by atoms with E-state index in [2.05, 4.69) is 184 Å². The van der Waals surface area contributed by atoms with Gasteiger partial charge in [0.1, 0.15) is 0 Å². The van der Waals surface area contributed by atoms with E-state index in [-0.39, 0.29) is 6.04 Å². The van der Waals surface area contributed by atoms with Crippen LogP contribution in [0.2, 0.25) is 0 Å². The van der Waals surface area contributed by atoms with E-state index in [0.717, 1.165) is 6.42 Å². The molecule has 3 heterocycles. The molecule has 0 amide bonds. The fourth-order valence-corrected chi connectivity index (χ4v) is 8.42. The van der Waals surface area contributed by atoms with Crippen molar-refractivity contribution < 1.29 is 0 Å². The number of hydrogen-bond donors (Lipinski definition) is 0. The molecule has 0 fully saturated rings. The zero-order chi connectivity index (χ0) is 31.8. The van der Waals surface area contributed by atoms with Crippen molar-refractivity contribution in [2.75, 3.05) is 0 Å². The van der Waals surface area contributed by atoms with Crippen molar-refractivity contribution in [2.24, 2.45) is 0 Å². The molecule has 1 aliphatic carbocycles. The monoisotopic (exact) mass is 615 g/mol. The molecule has 1 unspecified atom stereocenters. The van der Waals surface area contributed by atoms with Gasteiger partial charge in [-0.25, -0.2) is 0 Å². The topological polar surface area (TPSA) is 14.8 Å². The Labute approximate surface area is 278 Å². The molecule has 0 bridgehead atoms. The van der Waals surface area contributed by atoms with Gasteiger partial charge in [0.05, 0.1) is 17.1 Å². The molecule has 0 N–H and O–H groups in total. The number of para-hydroxylation sites is 5. The predicted octanol–water partition coefficient (Wildman–Crippen LogP) is 9.86. The van der Waals surface area contributed by atoms with Crippen molar-refractivity contribution >= 4 is 55.8 Å². The highest BCUT2D eigenvalue weighted by molar-refractivity contribution is 6.16. The van der Waals surface area contributed by atoms with Gasteiger partial charge in [-0.2, -0.15) is 0 Å². The second-order valence-corrected chi connectivity index (χ2v) is 12.9. The lowest BCUT2D eigenvalue weighted by Crippen LogP contribution is -2.33. The fourth-order valence-electron chi connectivity index (χ4n) is 8.42. The lowest BCUT2D eigenvalue weighted by molar-refractivity contribution is 0.692. The average Bonchev–Trinajstić information content (AvgIpc) is 3.77. The number of aromatic nitrogens is 3. The Morgan fingerprint density at radius 2 is 1.04 bits per heavy atom. The number of rotatable bonds is 4. The fraction of sp³-hybridized carbons (Fsp3) is 0.0667. The van der Waals surface area contributed by atoms with Crippen LogP contribution in [0.1, 0.15) is 18.2 Å². The van der Waals surface area contributed by atoms with Gasteiger partial charge < -0.3 is 13.7 Å². The van der Waals surface area contributed by atoms with Gasteiger partial charge in [0.25, 0.3) is 0 Å². The van der Waals surface area contributed by atoms with Crippen molar-refractivity contribution in [1.29, 1.82) is 0 Å². The number of nitrogens with zero attached hydrogens (tertiary/aromatic N) is 3. The molecule has 3 heteroatoms. The van der Waals surface area contributed by atoms with Gasteiger partial charge in [-0.05, 0) is 67.4 Å². The lowest BCUT2D eigenvalue weighted by atomic mass is 9.96. The van der Waals surface area contributed by atoms with E-state index >= 15 is 0 Å². The molecule has 0 saturated carbocycles. The van der Waals surface area contributed by atoms with Gasteiger partial charge in [-0.3, -0.25) is 0 Å². The Morgan fingerprint density at radius 3 is 1.71 bits per heavy atom. The highest BCUT2D eigenvalue weighted by Crippen LogP contribution is 2.40. The molecule has 48 heavy (non-hydrogen) atoms. The predicted molar refractivity (Wildman–Crippen MR) is 202 cm³/mol. The van der Waals surface area contributed by atoms with Gasteiger partial charge in [0.15, 0.2) is 0 Å². The van der Waals surface area contributed by atoms with Gasteiger partial charge >= 0.3 is 0 Å². The number of benzene rings is 6. The first-order valence-electron chi connectivity index (χ1n) is 16.8. The lowest BCUT2D eigenvalue weighted by Gasteiger charge is -2.19. The molecule has 0 spiro atoms. The highest BCUT2D eigenvalue weighted by Gasteiger charge is 2.24. The van der Waals surface area contributed by atoms with Crippen molar-refractivity contribution in [1.82, 2.24) is 13.7 Å². The van der Waals surface area contributed by atoms with Crippen LogP contribution in [0.3, 0.4) is 0 Å². The number of hydrogen-bond acceptors (Lipinski definition) is 0. The Morgan fingerprint density at radius 1 is 0.500 bits per heavy atom. The van der Waals surface area contributed by atoms with Crippen LogP contribution in [-0.4, -0.2) is 13.7 Å². The molecule has 0 saturated heterocycles. The summed E-state index contributed by atoms with van der Waals surface area (Å²) in [4.78, 5) is 0. The first-order chi connectivity index (χ1) is 23.8. The zero-order valence-electron chi connectivity index (χ0n) is 26.7. The SMILES string of the molecule is Cc1c(-c2cccc3c2c2ccccc2n3-c2ccccc2)c2c(n1-c1ccccc1)=CCC(n1c3ccccc3c3ccccc31)C=2. The standard InChI is InChI=1S/C45H33N3/c1-30-44(37-22-14-26-43-45(37)36-21-10-13-25-41(36)47(43)32-17-6-3-7-18-32)38-29-33(27-28-42(38)46(30)31-15-4-2-5-16-31)48-39-23-11-8-19-34(39)35-20-9-12-24-40(35)48/h2-26,28-29,33H,27H2,1H3. The van der Waals surface area contributed by atoms with E-state index in [9.17, 15) is 0 Å². The van der Waals surface area contributed by atoms with Crippen LogP contribution < -0.4 is 10.6 Å². The summed E-state index contributed by atoms with van der Waals surface area (Å²) in [5.74, 6) is 0. The molecule has 9 aromatic rings. The minimum atomic E-state index is 0.178. The summed E-state index contributed by atoms with van der Waals surface area (Å²) in [6.45, 7) is 2.30. The maximum Gasteiger partial charge on any atom is 0.0567 e. The normalized spacial score (nSPS) is 14.4. The summed E-state index contributed by atoms with van der Waals surface area (Å²) in [6.07, 6.45) is 5.94. The van der Waals surface area contributed by atoms with Crippen LogP contribution >= 0.6 is 0 Å². The Kier molecular flexibility index (Phi) is 5.91. The van der Waals surface area contributed by atoms with Crippen molar-refractivity contribution in [3.8, 4) is 22.5 Å². The molecule has 0 radical (unpaired) electrons. The molecular formula is C45H33N3. The maximum absolute atomic E-state index is 2.56. The summed E-state index contributed by atoms with van der Waals surface area (Å²) < 4.78 is 7.45. The van der Waals surface area contributed by atoms with Gasteiger partial charge in [-0.15, -0.1) is 0 Å².